The van der Waals surface area contributed by atoms with Gasteiger partial charge in [0.25, 0.3) is 0 Å². The Morgan fingerprint density at radius 2 is 2.32 bits per heavy atom. The molecular weight excluding hydrogens is 238 g/mol. The van der Waals surface area contributed by atoms with Crippen LogP contribution in [0.4, 0.5) is 5.69 Å². The SMILES string of the molecule is CC(C)CC1CCN(c2cccc(C#N)c2)NC1=O. The largest absolute Gasteiger partial charge is 0.286 e. The maximum absolute atomic E-state index is 12.1. The molecule has 1 heterocycles. The summed E-state index contributed by atoms with van der Waals surface area (Å²) in [5.41, 5.74) is 4.40. The summed E-state index contributed by atoms with van der Waals surface area (Å²) in [6.45, 7) is 5.06. The van der Waals surface area contributed by atoms with Crippen molar-refractivity contribution in [2.75, 3.05) is 11.6 Å². The maximum atomic E-state index is 12.1. The molecule has 1 aliphatic heterocycles. The molecule has 1 aliphatic rings. The fourth-order valence-electron chi connectivity index (χ4n) is 2.43. The van der Waals surface area contributed by atoms with Gasteiger partial charge in [-0.1, -0.05) is 19.9 Å². The summed E-state index contributed by atoms with van der Waals surface area (Å²) in [7, 11) is 0. The third kappa shape index (κ3) is 3.25. The molecule has 1 aromatic rings. The smallest absolute Gasteiger partial charge is 0.241 e. The summed E-state index contributed by atoms with van der Waals surface area (Å²) < 4.78 is 0. The predicted octanol–water partition coefficient (Wildman–Crippen LogP) is 2.46. The fraction of sp³-hybridized carbons (Fsp3) is 0.467. The average molecular weight is 257 g/mol. The molecule has 19 heavy (non-hydrogen) atoms. The van der Waals surface area contributed by atoms with Crippen molar-refractivity contribution in [3.63, 3.8) is 0 Å². The average Bonchev–Trinajstić information content (AvgIpc) is 2.40. The molecule has 0 aromatic heterocycles. The molecule has 1 aromatic carbocycles. The number of anilines is 1. The second-order valence-corrected chi connectivity index (χ2v) is 5.40. The first kappa shape index (κ1) is 13.4. The van der Waals surface area contributed by atoms with Gasteiger partial charge in [0.05, 0.1) is 17.3 Å². The number of amides is 1. The van der Waals surface area contributed by atoms with Gasteiger partial charge in [0.2, 0.25) is 5.91 Å². The molecule has 0 radical (unpaired) electrons. The first-order valence-electron chi connectivity index (χ1n) is 6.68. The van der Waals surface area contributed by atoms with E-state index in [1.54, 1.807) is 12.1 Å². The number of rotatable bonds is 3. The van der Waals surface area contributed by atoms with Gasteiger partial charge >= 0.3 is 0 Å². The number of benzene rings is 1. The van der Waals surface area contributed by atoms with Crippen LogP contribution in [-0.4, -0.2) is 12.5 Å². The molecule has 4 heteroatoms. The van der Waals surface area contributed by atoms with Gasteiger partial charge in [0, 0.05) is 12.5 Å². The maximum Gasteiger partial charge on any atom is 0.241 e. The Hall–Kier alpha value is -2.02. The van der Waals surface area contributed by atoms with Crippen LogP contribution in [-0.2, 0) is 4.79 Å². The van der Waals surface area contributed by atoms with Crippen molar-refractivity contribution >= 4 is 11.6 Å². The summed E-state index contributed by atoms with van der Waals surface area (Å²) in [4.78, 5) is 12.1. The normalized spacial score (nSPS) is 19.2. The molecule has 0 saturated carbocycles. The molecular formula is C15H19N3O. The van der Waals surface area contributed by atoms with E-state index in [2.05, 4.69) is 25.3 Å². The molecule has 0 bridgehead atoms. The van der Waals surface area contributed by atoms with Crippen molar-refractivity contribution in [1.29, 1.82) is 5.26 Å². The van der Waals surface area contributed by atoms with E-state index >= 15 is 0 Å². The number of hydrogen-bond donors (Lipinski definition) is 1. The molecule has 0 spiro atoms. The third-order valence-corrected chi connectivity index (χ3v) is 3.36. The minimum atomic E-state index is 0.0855. The van der Waals surface area contributed by atoms with Crippen LogP contribution in [0.5, 0.6) is 0 Å². The molecule has 1 unspecified atom stereocenters. The lowest BCUT2D eigenvalue weighted by Gasteiger charge is -2.34. The van der Waals surface area contributed by atoms with E-state index in [9.17, 15) is 4.79 Å². The standard InChI is InChI=1S/C15H19N3O/c1-11(2)8-13-6-7-18(17-15(13)19)14-5-3-4-12(9-14)10-16/h3-5,9,11,13H,6-8H2,1-2H3,(H,17,19). The van der Waals surface area contributed by atoms with Crippen molar-refractivity contribution in [2.24, 2.45) is 11.8 Å². The molecule has 0 aliphatic carbocycles. The van der Waals surface area contributed by atoms with E-state index < -0.39 is 0 Å². The molecule has 1 atom stereocenters. The third-order valence-electron chi connectivity index (χ3n) is 3.36. The Morgan fingerprint density at radius 3 is 2.95 bits per heavy atom. The van der Waals surface area contributed by atoms with Crippen molar-refractivity contribution in [3.8, 4) is 6.07 Å². The van der Waals surface area contributed by atoms with Gasteiger partial charge in [-0.05, 0) is 37.0 Å². The lowest BCUT2D eigenvalue weighted by atomic mass is 9.92. The topological polar surface area (TPSA) is 56.1 Å². The van der Waals surface area contributed by atoms with Gasteiger partial charge in [-0.3, -0.25) is 15.2 Å². The van der Waals surface area contributed by atoms with Gasteiger partial charge in [-0.15, -0.1) is 0 Å². The van der Waals surface area contributed by atoms with Crippen molar-refractivity contribution in [3.05, 3.63) is 29.8 Å². The summed E-state index contributed by atoms with van der Waals surface area (Å²) in [6.07, 6.45) is 1.79. The molecule has 1 N–H and O–H groups in total. The van der Waals surface area contributed by atoms with Crippen LogP contribution in [0, 0.1) is 23.2 Å². The number of nitrogens with zero attached hydrogens (tertiary/aromatic N) is 2. The van der Waals surface area contributed by atoms with E-state index in [1.807, 2.05) is 17.1 Å². The Morgan fingerprint density at radius 1 is 1.53 bits per heavy atom. The minimum absolute atomic E-state index is 0.0855. The van der Waals surface area contributed by atoms with Crippen molar-refractivity contribution in [1.82, 2.24) is 5.43 Å². The zero-order valence-electron chi connectivity index (χ0n) is 11.4. The molecule has 2 rings (SSSR count). The Bertz CT molecular complexity index is 504. The Balaban J connectivity index is 2.05. The van der Waals surface area contributed by atoms with Gasteiger partial charge in [-0.25, -0.2) is 0 Å². The van der Waals surface area contributed by atoms with Crippen molar-refractivity contribution < 1.29 is 4.79 Å². The van der Waals surface area contributed by atoms with Gasteiger partial charge in [-0.2, -0.15) is 5.26 Å². The summed E-state index contributed by atoms with van der Waals surface area (Å²) >= 11 is 0. The Kier molecular flexibility index (Phi) is 4.06. The number of nitrogens with one attached hydrogen (secondary N) is 1. The van der Waals surface area contributed by atoms with E-state index in [0.29, 0.717) is 11.5 Å². The van der Waals surface area contributed by atoms with E-state index in [4.69, 9.17) is 5.26 Å². The zero-order valence-corrected chi connectivity index (χ0v) is 11.4. The van der Waals surface area contributed by atoms with Crippen LogP contribution in [0.15, 0.2) is 24.3 Å². The number of carbonyl (C=O) groups excluding carboxylic acids is 1. The van der Waals surface area contributed by atoms with Crippen LogP contribution < -0.4 is 10.4 Å². The van der Waals surface area contributed by atoms with E-state index in [0.717, 1.165) is 25.1 Å². The Labute approximate surface area is 114 Å². The van der Waals surface area contributed by atoms with Crippen LogP contribution in [0.2, 0.25) is 0 Å². The molecule has 1 saturated heterocycles. The number of hydrogen-bond acceptors (Lipinski definition) is 3. The second kappa shape index (κ2) is 5.75. The van der Waals surface area contributed by atoms with Crippen LogP contribution in [0.25, 0.3) is 0 Å². The highest BCUT2D eigenvalue weighted by Crippen LogP contribution is 2.23. The number of carbonyl (C=O) groups is 1. The van der Waals surface area contributed by atoms with Gasteiger partial charge < -0.3 is 0 Å². The molecule has 1 amide bonds. The highest BCUT2D eigenvalue weighted by atomic mass is 16.2. The number of nitriles is 1. The number of hydrazine groups is 1. The van der Waals surface area contributed by atoms with E-state index in [1.165, 1.54) is 0 Å². The quantitative estimate of drug-likeness (QED) is 0.905. The first-order valence-corrected chi connectivity index (χ1v) is 6.68. The first-order chi connectivity index (χ1) is 9.10. The highest BCUT2D eigenvalue weighted by Gasteiger charge is 2.27. The molecule has 4 nitrogen and oxygen atoms in total. The zero-order chi connectivity index (χ0) is 13.8. The van der Waals surface area contributed by atoms with Gasteiger partial charge in [0.1, 0.15) is 0 Å². The second-order valence-electron chi connectivity index (χ2n) is 5.40. The van der Waals surface area contributed by atoms with Crippen LogP contribution >= 0.6 is 0 Å². The van der Waals surface area contributed by atoms with E-state index in [-0.39, 0.29) is 11.8 Å². The molecule has 100 valence electrons. The van der Waals surface area contributed by atoms with Crippen LogP contribution in [0.3, 0.4) is 0 Å². The summed E-state index contributed by atoms with van der Waals surface area (Å²) in [6, 6.07) is 9.41. The highest BCUT2D eigenvalue weighted by molar-refractivity contribution is 5.81. The van der Waals surface area contributed by atoms with Gasteiger partial charge in [0.15, 0.2) is 0 Å². The minimum Gasteiger partial charge on any atom is -0.286 e. The lowest BCUT2D eigenvalue weighted by Crippen LogP contribution is -2.51. The predicted molar refractivity (Wildman–Crippen MR) is 74.2 cm³/mol. The fourth-order valence-corrected chi connectivity index (χ4v) is 2.43. The van der Waals surface area contributed by atoms with Crippen LogP contribution in [0.1, 0.15) is 32.3 Å². The summed E-state index contributed by atoms with van der Waals surface area (Å²) in [5, 5.41) is 10.7. The molecule has 1 fully saturated rings. The monoisotopic (exact) mass is 257 g/mol. The van der Waals surface area contributed by atoms with Crippen molar-refractivity contribution in [2.45, 2.75) is 26.7 Å². The summed E-state index contributed by atoms with van der Waals surface area (Å²) in [5.74, 6) is 0.724. The lowest BCUT2D eigenvalue weighted by molar-refractivity contribution is -0.127.